The number of hydrogen-bond donors (Lipinski definition) is 2. The predicted octanol–water partition coefficient (Wildman–Crippen LogP) is 2.35. The summed E-state index contributed by atoms with van der Waals surface area (Å²) in [5.74, 6) is -0.450. The van der Waals surface area contributed by atoms with Crippen LogP contribution in [0.5, 0.6) is 0 Å². The lowest BCUT2D eigenvalue weighted by atomic mass is 9.97. The summed E-state index contributed by atoms with van der Waals surface area (Å²) >= 11 is 7.41. The summed E-state index contributed by atoms with van der Waals surface area (Å²) < 4.78 is 28.2. The average Bonchev–Trinajstić information content (AvgIpc) is 3.55. The summed E-state index contributed by atoms with van der Waals surface area (Å²) in [5, 5.41) is 4.08. The number of piperazine rings is 1. The minimum Gasteiger partial charge on any atom is -0.357 e. The molecule has 4 heterocycles. The third-order valence-corrected chi connectivity index (χ3v) is 10.2. The van der Waals surface area contributed by atoms with Crippen LogP contribution in [0, 0.1) is 0 Å². The van der Waals surface area contributed by atoms with Crippen LogP contribution in [0.15, 0.2) is 35.5 Å². The Bertz CT molecular complexity index is 1440. The SMILES string of the molecule is CNC(=O)C1CN(S(=O)(=O)c2cc3cc(Cl)ccc3[nH]2)CCN1C(=O)c1ncc(C2CCCN(C)C2)s1. The van der Waals surface area contributed by atoms with E-state index in [0.717, 1.165) is 30.8 Å². The first kappa shape index (κ1) is 26.1. The third-order valence-electron chi connectivity index (χ3n) is 7.06. The highest BCUT2D eigenvalue weighted by molar-refractivity contribution is 7.89. The largest absolute Gasteiger partial charge is 0.357 e. The number of rotatable bonds is 5. The molecule has 2 aliphatic rings. The Morgan fingerprint density at radius 1 is 1.19 bits per heavy atom. The van der Waals surface area contributed by atoms with Gasteiger partial charge in [-0.3, -0.25) is 9.59 Å². The van der Waals surface area contributed by atoms with E-state index in [1.54, 1.807) is 24.4 Å². The molecule has 10 nitrogen and oxygen atoms in total. The summed E-state index contributed by atoms with van der Waals surface area (Å²) in [6.45, 7) is 1.96. The molecule has 2 fully saturated rings. The number of aromatic nitrogens is 2. The zero-order valence-corrected chi connectivity index (χ0v) is 23.0. The van der Waals surface area contributed by atoms with Crippen molar-refractivity contribution in [1.82, 2.24) is 29.4 Å². The standard InChI is InChI=1S/C24H29ClN6O4S2/c1-26-22(32)19-14-30(37(34,35)21-11-16-10-17(25)5-6-18(16)28-21)8-9-31(19)24(33)23-27-12-20(36-23)15-4-3-7-29(2)13-15/h5-6,10-12,15,19,28H,3-4,7-9,13-14H2,1-2H3,(H,26,32). The van der Waals surface area contributed by atoms with Crippen molar-refractivity contribution in [1.29, 1.82) is 0 Å². The number of amides is 2. The van der Waals surface area contributed by atoms with E-state index in [1.165, 1.54) is 33.7 Å². The van der Waals surface area contributed by atoms with E-state index in [-0.39, 0.29) is 30.6 Å². The maximum absolute atomic E-state index is 13.5. The minimum atomic E-state index is -3.94. The Balaban J connectivity index is 1.36. The first-order valence-corrected chi connectivity index (χ1v) is 14.8. The van der Waals surface area contributed by atoms with Gasteiger partial charge in [0.1, 0.15) is 11.1 Å². The number of piperidine rings is 1. The maximum atomic E-state index is 13.5. The molecule has 198 valence electrons. The van der Waals surface area contributed by atoms with Crippen LogP contribution in [0.3, 0.4) is 0 Å². The lowest BCUT2D eigenvalue weighted by Gasteiger charge is -2.39. The van der Waals surface area contributed by atoms with Gasteiger partial charge in [0.15, 0.2) is 5.01 Å². The second kappa shape index (κ2) is 10.3. The smallest absolute Gasteiger partial charge is 0.283 e. The topological polar surface area (TPSA) is 119 Å². The number of halogens is 1. The van der Waals surface area contributed by atoms with Crippen molar-refractivity contribution in [3.05, 3.63) is 45.4 Å². The van der Waals surface area contributed by atoms with Gasteiger partial charge in [0.25, 0.3) is 15.9 Å². The van der Waals surface area contributed by atoms with E-state index < -0.39 is 22.0 Å². The summed E-state index contributed by atoms with van der Waals surface area (Å²) in [5.41, 5.74) is 0.642. The highest BCUT2D eigenvalue weighted by Gasteiger charge is 2.41. The maximum Gasteiger partial charge on any atom is 0.283 e. The van der Waals surface area contributed by atoms with Crippen LogP contribution in [0.2, 0.25) is 5.02 Å². The summed E-state index contributed by atoms with van der Waals surface area (Å²) in [7, 11) is -0.380. The molecule has 2 unspecified atom stereocenters. The Kier molecular flexibility index (Phi) is 7.29. The van der Waals surface area contributed by atoms with Gasteiger partial charge in [-0.1, -0.05) is 11.6 Å². The van der Waals surface area contributed by atoms with Gasteiger partial charge in [-0.15, -0.1) is 11.3 Å². The molecule has 2 N–H and O–H groups in total. The van der Waals surface area contributed by atoms with E-state index in [2.05, 4.69) is 27.2 Å². The second-order valence-corrected chi connectivity index (χ2v) is 12.9. The number of benzene rings is 1. The first-order valence-electron chi connectivity index (χ1n) is 12.1. The second-order valence-electron chi connectivity index (χ2n) is 9.53. The number of hydrogen-bond acceptors (Lipinski definition) is 7. The molecule has 13 heteroatoms. The van der Waals surface area contributed by atoms with Crippen molar-refractivity contribution in [2.24, 2.45) is 0 Å². The van der Waals surface area contributed by atoms with E-state index in [4.69, 9.17) is 11.6 Å². The number of H-pyrrole nitrogens is 1. The molecule has 0 bridgehead atoms. The van der Waals surface area contributed by atoms with Gasteiger partial charge >= 0.3 is 0 Å². The molecule has 2 aliphatic heterocycles. The number of sulfonamides is 1. The highest BCUT2D eigenvalue weighted by atomic mass is 35.5. The minimum absolute atomic E-state index is 0.0159. The summed E-state index contributed by atoms with van der Waals surface area (Å²) in [6, 6.07) is 5.63. The van der Waals surface area contributed by atoms with Crippen molar-refractivity contribution in [2.45, 2.75) is 29.8 Å². The quantitative estimate of drug-likeness (QED) is 0.491. The lowest BCUT2D eigenvalue weighted by Crippen LogP contribution is -2.61. The summed E-state index contributed by atoms with van der Waals surface area (Å²) in [4.78, 5) is 38.4. The van der Waals surface area contributed by atoms with Crippen molar-refractivity contribution in [2.75, 3.05) is 46.8 Å². The molecule has 0 spiro atoms. The highest BCUT2D eigenvalue weighted by Crippen LogP contribution is 2.32. The Hall–Kier alpha value is -2.51. The van der Waals surface area contributed by atoms with Crippen LogP contribution in [0.25, 0.3) is 10.9 Å². The van der Waals surface area contributed by atoms with Crippen LogP contribution >= 0.6 is 22.9 Å². The van der Waals surface area contributed by atoms with Crippen molar-refractivity contribution in [3.8, 4) is 0 Å². The van der Waals surface area contributed by atoms with Gasteiger partial charge in [-0.2, -0.15) is 4.31 Å². The Labute approximate surface area is 224 Å². The van der Waals surface area contributed by atoms with E-state index in [1.807, 2.05) is 0 Å². The molecule has 0 radical (unpaired) electrons. The average molecular weight is 565 g/mol. The third kappa shape index (κ3) is 5.13. The van der Waals surface area contributed by atoms with Gasteiger partial charge in [0, 0.05) is 66.1 Å². The lowest BCUT2D eigenvalue weighted by molar-refractivity contribution is -0.126. The number of carbonyl (C=O) groups is 2. The Morgan fingerprint density at radius 2 is 2.00 bits per heavy atom. The molecule has 2 aromatic heterocycles. The van der Waals surface area contributed by atoms with Crippen LogP contribution in [0.4, 0.5) is 0 Å². The molecule has 2 saturated heterocycles. The fraction of sp³-hybridized carbons (Fsp3) is 0.458. The number of likely N-dealkylation sites (tertiary alicyclic amines) is 1. The summed E-state index contributed by atoms with van der Waals surface area (Å²) in [6.07, 6.45) is 3.91. The molecule has 2 amide bonds. The predicted molar refractivity (Wildman–Crippen MR) is 143 cm³/mol. The van der Waals surface area contributed by atoms with Crippen molar-refractivity contribution >= 4 is 55.7 Å². The van der Waals surface area contributed by atoms with Crippen LogP contribution in [0.1, 0.15) is 33.4 Å². The zero-order valence-electron chi connectivity index (χ0n) is 20.6. The molecule has 37 heavy (non-hydrogen) atoms. The van der Waals surface area contributed by atoms with Gasteiger partial charge < -0.3 is 20.1 Å². The normalized spacial score (nSPS) is 21.9. The van der Waals surface area contributed by atoms with Crippen LogP contribution < -0.4 is 5.32 Å². The fourth-order valence-corrected chi connectivity index (χ4v) is 7.69. The molecule has 0 aliphatic carbocycles. The monoisotopic (exact) mass is 564 g/mol. The van der Waals surface area contributed by atoms with E-state index in [0.29, 0.717) is 26.9 Å². The van der Waals surface area contributed by atoms with Crippen molar-refractivity contribution < 1.29 is 18.0 Å². The number of fused-ring (bicyclic) bond motifs is 1. The van der Waals surface area contributed by atoms with Crippen LogP contribution in [-0.2, 0) is 14.8 Å². The molecule has 0 saturated carbocycles. The van der Waals surface area contributed by atoms with Gasteiger partial charge in [-0.05, 0) is 50.7 Å². The molecule has 5 rings (SSSR count). The molecular weight excluding hydrogens is 536 g/mol. The molecule has 1 aromatic carbocycles. The van der Waals surface area contributed by atoms with E-state index >= 15 is 0 Å². The number of nitrogens with one attached hydrogen (secondary N) is 2. The number of likely N-dealkylation sites (N-methyl/N-ethyl adjacent to an activating group) is 2. The number of carbonyl (C=O) groups excluding carboxylic acids is 2. The van der Waals surface area contributed by atoms with Gasteiger partial charge in [-0.25, -0.2) is 13.4 Å². The van der Waals surface area contributed by atoms with Crippen LogP contribution in [-0.4, -0.2) is 97.2 Å². The fourth-order valence-electron chi connectivity index (χ4n) is 5.06. The molecule has 2 atom stereocenters. The number of nitrogens with zero attached hydrogens (tertiary/aromatic N) is 4. The van der Waals surface area contributed by atoms with Gasteiger partial charge in [0.05, 0.1) is 0 Å². The van der Waals surface area contributed by atoms with E-state index in [9.17, 15) is 18.0 Å². The molecule has 3 aromatic rings. The Morgan fingerprint density at radius 3 is 2.76 bits per heavy atom. The van der Waals surface area contributed by atoms with Gasteiger partial charge in [0.2, 0.25) is 5.91 Å². The number of thiazole rings is 1. The number of aromatic amines is 1. The first-order chi connectivity index (χ1) is 17.7. The van der Waals surface area contributed by atoms with Crippen molar-refractivity contribution in [3.63, 3.8) is 0 Å². The molecular formula is C24H29ClN6O4S2. The zero-order chi connectivity index (χ0) is 26.3.